The van der Waals surface area contributed by atoms with Gasteiger partial charge >= 0.3 is 0 Å². The van der Waals surface area contributed by atoms with Crippen LogP contribution in [-0.2, 0) is 14.8 Å². The summed E-state index contributed by atoms with van der Waals surface area (Å²) in [6, 6.07) is 0. The van der Waals surface area contributed by atoms with Gasteiger partial charge in [0.25, 0.3) is 0 Å². The van der Waals surface area contributed by atoms with Crippen molar-refractivity contribution in [3.8, 4) is 0 Å². The molecule has 0 aromatic carbocycles. The molecule has 0 aliphatic carbocycles. The Morgan fingerprint density at radius 1 is 1.41 bits per heavy atom. The summed E-state index contributed by atoms with van der Waals surface area (Å²) in [5.41, 5.74) is 5.34. The Morgan fingerprint density at radius 2 is 2.12 bits per heavy atom. The summed E-state index contributed by atoms with van der Waals surface area (Å²) < 4.78 is 30.9. The summed E-state index contributed by atoms with van der Waals surface area (Å²) in [5, 5.41) is 9.04. The SMILES string of the molecule is CC1CN(S(=O)(=O)CCCCN)CC(CO)O1. The van der Waals surface area contributed by atoms with Crippen molar-refractivity contribution in [3.05, 3.63) is 0 Å². The molecule has 0 amide bonds. The highest BCUT2D eigenvalue weighted by Crippen LogP contribution is 2.15. The molecule has 1 rings (SSSR count). The fourth-order valence-corrected chi connectivity index (χ4v) is 3.55. The molecule has 0 radical (unpaired) electrons. The molecular weight excluding hydrogens is 244 g/mol. The van der Waals surface area contributed by atoms with Crippen LogP contribution in [0.5, 0.6) is 0 Å². The number of aliphatic hydroxyl groups is 1. The van der Waals surface area contributed by atoms with E-state index in [2.05, 4.69) is 0 Å². The minimum absolute atomic E-state index is 0.120. The first-order valence-electron chi connectivity index (χ1n) is 5.94. The summed E-state index contributed by atoms with van der Waals surface area (Å²) in [5.74, 6) is 0.120. The second-order valence-electron chi connectivity index (χ2n) is 4.38. The molecule has 0 aromatic rings. The molecule has 0 saturated carbocycles. The van der Waals surface area contributed by atoms with Crippen LogP contribution >= 0.6 is 0 Å². The monoisotopic (exact) mass is 266 g/mol. The fourth-order valence-electron chi connectivity index (χ4n) is 1.89. The Bertz CT molecular complexity index is 320. The van der Waals surface area contributed by atoms with Crippen LogP contribution in [0, 0.1) is 0 Å². The van der Waals surface area contributed by atoms with Crippen molar-refractivity contribution >= 4 is 10.0 Å². The van der Waals surface area contributed by atoms with Gasteiger partial charge in [0.1, 0.15) is 0 Å². The number of unbranched alkanes of at least 4 members (excludes halogenated alkanes) is 1. The summed E-state index contributed by atoms with van der Waals surface area (Å²) in [6.07, 6.45) is 0.699. The van der Waals surface area contributed by atoms with Crippen LogP contribution in [0.25, 0.3) is 0 Å². The van der Waals surface area contributed by atoms with Gasteiger partial charge in [0, 0.05) is 13.1 Å². The van der Waals surface area contributed by atoms with Crippen LogP contribution in [0.15, 0.2) is 0 Å². The standard InChI is InChI=1S/C10H22N2O4S/c1-9-6-12(7-10(8-13)16-9)17(14,15)5-3-2-4-11/h9-10,13H,2-8,11H2,1H3. The van der Waals surface area contributed by atoms with Crippen LogP contribution in [0.3, 0.4) is 0 Å². The third-order valence-corrected chi connectivity index (χ3v) is 4.64. The Kier molecular flexibility index (Phi) is 5.81. The first kappa shape index (κ1) is 14.8. The van der Waals surface area contributed by atoms with E-state index in [1.807, 2.05) is 6.92 Å². The highest BCUT2D eigenvalue weighted by atomic mass is 32.2. The van der Waals surface area contributed by atoms with Gasteiger partial charge in [-0.1, -0.05) is 0 Å². The highest BCUT2D eigenvalue weighted by molar-refractivity contribution is 7.89. The normalized spacial score (nSPS) is 27.2. The van der Waals surface area contributed by atoms with E-state index >= 15 is 0 Å². The van der Waals surface area contributed by atoms with Gasteiger partial charge in [0.05, 0.1) is 24.6 Å². The number of nitrogens with zero attached hydrogens (tertiary/aromatic N) is 1. The van der Waals surface area contributed by atoms with Crippen molar-refractivity contribution in [1.82, 2.24) is 4.31 Å². The van der Waals surface area contributed by atoms with Crippen molar-refractivity contribution in [1.29, 1.82) is 0 Å². The molecule has 7 heteroatoms. The van der Waals surface area contributed by atoms with Crippen molar-refractivity contribution in [2.75, 3.05) is 32.0 Å². The molecule has 1 fully saturated rings. The number of ether oxygens (including phenoxy) is 1. The largest absolute Gasteiger partial charge is 0.394 e. The van der Waals surface area contributed by atoms with Gasteiger partial charge in [0.15, 0.2) is 0 Å². The number of hydrogen-bond acceptors (Lipinski definition) is 5. The molecule has 2 unspecified atom stereocenters. The number of nitrogens with two attached hydrogens (primary N) is 1. The van der Waals surface area contributed by atoms with Crippen molar-refractivity contribution < 1.29 is 18.3 Å². The van der Waals surface area contributed by atoms with Crippen LogP contribution < -0.4 is 5.73 Å². The lowest BCUT2D eigenvalue weighted by Gasteiger charge is -2.35. The topological polar surface area (TPSA) is 92.9 Å². The maximum absolute atomic E-state index is 12.0. The average Bonchev–Trinajstić information content (AvgIpc) is 2.28. The van der Waals surface area contributed by atoms with Gasteiger partial charge in [-0.3, -0.25) is 0 Å². The zero-order chi connectivity index (χ0) is 12.9. The van der Waals surface area contributed by atoms with Crippen molar-refractivity contribution in [2.45, 2.75) is 32.0 Å². The lowest BCUT2D eigenvalue weighted by molar-refractivity contribution is -0.0750. The maximum Gasteiger partial charge on any atom is 0.214 e. The molecule has 1 aliphatic rings. The summed E-state index contributed by atoms with van der Waals surface area (Å²) in [4.78, 5) is 0. The molecule has 102 valence electrons. The average molecular weight is 266 g/mol. The fraction of sp³-hybridized carbons (Fsp3) is 1.00. The molecule has 6 nitrogen and oxygen atoms in total. The second kappa shape index (κ2) is 6.65. The molecule has 2 atom stereocenters. The lowest BCUT2D eigenvalue weighted by atomic mass is 10.2. The first-order valence-corrected chi connectivity index (χ1v) is 7.54. The van der Waals surface area contributed by atoms with E-state index in [1.165, 1.54) is 4.31 Å². The van der Waals surface area contributed by atoms with Crippen molar-refractivity contribution in [2.24, 2.45) is 5.73 Å². The van der Waals surface area contributed by atoms with Gasteiger partial charge in [-0.25, -0.2) is 8.42 Å². The van der Waals surface area contributed by atoms with E-state index in [0.717, 1.165) is 0 Å². The Balaban J connectivity index is 2.57. The van der Waals surface area contributed by atoms with Gasteiger partial charge in [-0.05, 0) is 26.3 Å². The lowest BCUT2D eigenvalue weighted by Crippen LogP contribution is -2.50. The van der Waals surface area contributed by atoms with E-state index in [4.69, 9.17) is 15.6 Å². The van der Waals surface area contributed by atoms with Gasteiger partial charge in [0.2, 0.25) is 10.0 Å². The molecule has 3 N–H and O–H groups in total. The van der Waals surface area contributed by atoms with Gasteiger partial charge < -0.3 is 15.6 Å². The predicted octanol–water partition coefficient (Wildman–Crippen LogP) is -0.863. The minimum Gasteiger partial charge on any atom is -0.394 e. The summed E-state index contributed by atoms with van der Waals surface area (Å²) >= 11 is 0. The summed E-state index contributed by atoms with van der Waals surface area (Å²) in [6.45, 7) is 2.77. The minimum atomic E-state index is -3.24. The number of morpholine rings is 1. The Morgan fingerprint density at radius 3 is 2.71 bits per heavy atom. The van der Waals surface area contributed by atoms with E-state index in [9.17, 15) is 8.42 Å². The molecule has 1 saturated heterocycles. The highest BCUT2D eigenvalue weighted by Gasteiger charge is 2.31. The quantitative estimate of drug-likeness (QED) is 0.610. The van der Waals surface area contributed by atoms with Crippen LogP contribution in [0.1, 0.15) is 19.8 Å². The molecular formula is C10H22N2O4S. The van der Waals surface area contributed by atoms with E-state index in [-0.39, 0.29) is 25.0 Å². The Labute approximate surface area is 103 Å². The zero-order valence-electron chi connectivity index (χ0n) is 10.2. The zero-order valence-corrected chi connectivity index (χ0v) is 11.0. The van der Waals surface area contributed by atoms with Gasteiger partial charge in [-0.2, -0.15) is 4.31 Å². The molecule has 0 aromatic heterocycles. The number of sulfonamides is 1. The first-order chi connectivity index (χ1) is 7.99. The molecule has 1 heterocycles. The number of hydrogen-bond donors (Lipinski definition) is 2. The molecule has 17 heavy (non-hydrogen) atoms. The van der Waals surface area contributed by atoms with E-state index < -0.39 is 16.1 Å². The molecule has 1 aliphatic heterocycles. The van der Waals surface area contributed by atoms with E-state index in [1.54, 1.807) is 0 Å². The number of rotatable bonds is 6. The third-order valence-electron chi connectivity index (χ3n) is 2.75. The van der Waals surface area contributed by atoms with E-state index in [0.29, 0.717) is 25.9 Å². The van der Waals surface area contributed by atoms with Crippen LogP contribution in [0.4, 0.5) is 0 Å². The smallest absolute Gasteiger partial charge is 0.214 e. The molecule has 0 spiro atoms. The van der Waals surface area contributed by atoms with Gasteiger partial charge in [-0.15, -0.1) is 0 Å². The van der Waals surface area contributed by atoms with Crippen molar-refractivity contribution in [3.63, 3.8) is 0 Å². The van der Waals surface area contributed by atoms with Crippen LogP contribution in [0.2, 0.25) is 0 Å². The van der Waals surface area contributed by atoms with Crippen LogP contribution in [-0.4, -0.2) is 62.0 Å². The summed E-state index contributed by atoms with van der Waals surface area (Å²) in [7, 11) is -3.24. The number of aliphatic hydroxyl groups excluding tert-OH is 1. The second-order valence-corrected chi connectivity index (χ2v) is 6.47. The maximum atomic E-state index is 12.0. The Hall–Kier alpha value is -0.210. The molecule has 0 bridgehead atoms. The third kappa shape index (κ3) is 4.51. The predicted molar refractivity (Wildman–Crippen MR) is 65.1 cm³/mol.